The highest BCUT2D eigenvalue weighted by atomic mass is 32.2. The molecule has 0 atom stereocenters. The molecular weight excluding hydrogens is 308 g/mol. The second-order valence-electron chi connectivity index (χ2n) is 2.85. The Bertz CT molecular complexity index is 626. The average Bonchev–Trinajstić information content (AvgIpc) is 2.33. The molecule has 0 radical (unpaired) electrons. The quantitative estimate of drug-likeness (QED) is 0.308. The molecule has 0 aliphatic carbocycles. The van der Waals surface area contributed by atoms with Gasteiger partial charge in [0.05, 0.1) is 0 Å². The fourth-order valence-electron chi connectivity index (χ4n) is 0.955. The van der Waals surface area contributed by atoms with Crippen LogP contribution in [0.3, 0.4) is 0 Å². The lowest BCUT2D eigenvalue weighted by Crippen LogP contribution is -2.09. The van der Waals surface area contributed by atoms with Gasteiger partial charge in [-0.15, -0.1) is 20.2 Å². The zero-order valence-corrected chi connectivity index (χ0v) is 9.88. The summed E-state index contributed by atoms with van der Waals surface area (Å²) >= 11 is 0. The lowest BCUT2D eigenvalue weighted by atomic mass is 10.3. The van der Waals surface area contributed by atoms with Crippen LogP contribution in [0.2, 0.25) is 0 Å². The standard InChI is InChI=1S/C6H4N2O11S/c9-7(10)18-16-4-1-2-5(17-19-8(11)12)6(3-4)20(13,14)15/h1-3H,(H,13,14,15). The van der Waals surface area contributed by atoms with Gasteiger partial charge in [-0.3, -0.25) is 9.44 Å². The summed E-state index contributed by atoms with van der Waals surface area (Å²) < 4.78 is 30.9. The van der Waals surface area contributed by atoms with Gasteiger partial charge in [0.15, 0.2) is 11.5 Å². The molecule has 0 aromatic heterocycles. The summed E-state index contributed by atoms with van der Waals surface area (Å²) in [7, 11) is -4.88. The van der Waals surface area contributed by atoms with Crippen molar-refractivity contribution in [3.8, 4) is 11.5 Å². The third kappa shape index (κ3) is 4.42. The molecule has 0 spiro atoms. The zero-order valence-electron chi connectivity index (χ0n) is 9.06. The Morgan fingerprint density at radius 2 is 1.60 bits per heavy atom. The van der Waals surface area contributed by atoms with E-state index in [2.05, 4.69) is 19.8 Å². The van der Waals surface area contributed by atoms with Crippen LogP contribution in [-0.2, 0) is 20.1 Å². The minimum absolute atomic E-state index is 0.497. The van der Waals surface area contributed by atoms with E-state index in [1.165, 1.54) is 0 Å². The van der Waals surface area contributed by atoms with Crippen LogP contribution >= 0.6 is 0 Å². The van der Waals surface area contributed by atoms with Crippen molar-refractivity contribution in [1.82, 2.24) is 0 Å². The van der Waals surface area contributed by atoms with Crippen molar-refractivity contribution >= 4 is 10.1 Å². The van der Waals surface area contributed by atoms with Gasteiger partial charge in [0.25, 0.3) is 10.1 Å². The van der Waals surface area contributed by atoms with Crippen LogP contribution < -0.4 is 9.78 Å². The summed E-state index contributed by atoms with van der Waals surface area (Å²) in [5, 5.41) is 17.1. The van der Waals surface area contributed by atoms with Gasteiger partial charge >= 0.3 is 10.2 Å². The lowest BCUT2D eigenvalue weighted by Gasteiger charge is -2.07. The monoisotopic (exact) mass is 312 g/mol. The van der Waals surface area contributed by atoms with E-state index in [-0.39, 0.29) is 0 Å². The Labute approximate surface area is 109 Å². The van der Waals surface area contributed by atoms with E-state index < -0.39 is 36.7 Å². The van der Waals surface area contributed by atoms with Crippen LogP contribution in [0.4, 0.5) is 0 Å². The molecular formula is C6H4N2O11S. The molecule has 110 valence electrons. The molecule has 13 nitrogen and oxygen atoms in total. The predicted octanol–water partition coefficient (Wildman–Crippen LogP) is -0.0625. The molecule has 0 saturated carbocycles. The third-order valence-corrected chi connectivity index (χ3v) is 2.45. The molecule has 1 aromatic carbocycles. The molecule has 0 unspecified atom stereocenters. The molecule has 0 heterocycles. The molecule has 20 heavy (non-hydrogen) atoms. The van der Waals surface area contributed by atoms with Crippen LogP contribution in [0.5, 0.6) is 11.5 Å². The summed E-state index contributed by atoms with van der Waals surface area (Å²) in [6, 6.07) is 2.22. The maximum Gasteiger partial charge on any atom is 0.331 e. The van der Waals surface area contributed by atoms with Gasteiger partial charge < -0.3 is 4.89 Å². The van der Waals surface area contributed by atoms with Crippen LogP contribution in [0.1, 0.15) is 0 Å². The van der Waals surface area contributed by atoms with Crippen molar-refractivity contribution in [2.24, 2.45) is 0 Å². The fraction of sp³-hybridized carbons (Fsp3) is 0. The van der Waals surface area contributed by atoms with Gasteiger partial charge in [-0.2, -0.15) is 8.42 Å². The number of nitrogens with zero attached hydrogens (tertiary/aromatic N) is 2. The number of benzene rings is 1. The minimum atomic E-state index is -4.88. The summed E-state index contributed by atoms with van der Waals surface area (Å²) in [6.45, 7) is 0. The van der Waals surface area contributed by atoms with Crippen molar-refractivity contribution in [2.75, 3.05) is 0 Å². The molecule has 0 aliphatic rings. The smallest absolute Gasteiger partial charge is 0.300 e. The fourth-order valence-corrected chi connectivity index (χ4v) is 1.58. The summed E-state index contributed by atoms with van der Waals surface area (Å²) in [5.41, 5.74) is 0. The first-order valence-electron chi connectivity index (χ1n) is 4.30. The Hall–Kier alpha value is -2.87. The van der Waals surface area contributed by atoms with E-state index >= 15 is 0 Å². The van der Waals surface area contributed by atoms with Gasteiger partial charge in [0, 0.05) is 6.07 Å². The molecule has 1 N–H and O–H groups in total. The van der Waals surface area contributed by atoms with E-state index in [0.29, 0.717) is 6.07 Å². The van der Waals surface area contributed by atoms with E-state index in [4.69, 9.17) is 4.55 Å². The Balaban J connectivity index is 3.07. The van der Waals surface area contributed by atoms with Gasteiger partial charge in [-0.05, 0) is 12.1 Å². The van der Waals surface area contributed by atoms with Crippen molar-refractivity contribution in [1.29, 1.82) is 0 Å². The highest BCUT2D eigenvalue weighted by molar-refractivity contribution is 7.86. The van der Waals surface area contributed by atoms with Gasteiger partial charge in [-0.1, -0.05) is 9.98 Å². The molecule has 0 fully saturated rings. The molecule has 1 rings (SSSR count). The number of rotatable bonds is 7. The van der Waals surface area contributed by atoms with Crippen LogP contribution in [-0.4, -0.2) is 23.1 Å². The van der Waals surface area contributed by atoms with Gasteiger partial charge in [-0.25, -0.2) is 0 Å². The summed E-state index contributed by atoms with van der Waals surface area (Å²) in [4.78, 5) is 33.9. The topological polar surface area (TPSA) is 178 Å². The average molecular weight is 312 g/mol. The second-order valence-corrected chi connectivity index (χ2v) is 4.24. The first kappa shape index (κ1) is 15.2. The Morgan fingerprint density at radius 3 is 2.10 bits per heavy atom. The first-order valence-corrected chi connectivity index (χ1v) is 5.74. The normalized spacial score (nSPS) is 10.4. The molecule has 14 heteroatoms. The van der Waals surface area contributed by atoms with Gasteiger partial charge in [0.2, 0.25) is 0 Å². The van der Waals surface area contributed by atoms with Crippen molar-refractivity contribution in [2.45, 2.75) is 4.90 Å². The lowest BCUT2D eigenvalue weighted by molar-refractivity contribution is -0.833. The number of hydrogen-bond donors (Lipinski definition) is 1. The maximum absolute atomic E-state index is 11.0. The highest BCUT2D eigenvalue weighted by Gasteiger charge is 2.20. The molecule has 0 saturated heterocycles. The zero-order chi connectivity index (χ0) is 15.3. The van der Waals surface area contributed by atoms with E-state index in [9.17, 15) is 28.6 Å². The van der Waals surface area contributed by atoms with E-state index in [1.54, 1.807) is 0 Å². The van der Waals surface area contributed by atoms with Crippen molar-refractivity contribution in [3.05, 3.63) is 38.4 Å². The summed E-state index contributed by atoms with van der Waals surface area (Å²) in [6.07, 6.45) is 0. The molecule has 1 aromatic rings. The van der Waals surface area contributed by atoms with Crippen LogP contribution in [0.15, 0.2) is 23.1 Å². The third-order valence-electron chi connectivity index (χ3n) is 1.58. The predicted molar refractivity (Wildman–Crippen MR) is 53.7 cm³/mol. The highest BCUT2D eigenvalue weighted by Crippen LogP contribution is 2.28. The Kier molecular flexibility index (Phi) is 4.44. The number of hydrogen-bond acceptors (Lipinski definition) is 10. The SMILES string of the molecule is O=[N+]([O-])OOc1ccc(OO[N+](=O)[O-])c(S(=O)(=O)O)c1. The van der Waals surface area contributed by atoms with Crippen molar-refractivity contribution < 1.29 is 42.9 Å². The Morgan fingerprint density at radius 1 is 1.05 bits per heavy atom. The molecule has 0 aliphatic heterocycles. The van der Waals surface area contributed by atoms with Gasteiger partial charge in [0.1, 0.15) is 4.90 Å². The van der Waals surface area contributed by atoms with Crippen LogP contribution in [0, 0.1) is 20.2 Å². The van der Waals surface area contributed by atoms with Crippen molar-refractivity contribution in [3.63, 3.8) is 0 Å². The second kappa shape index (κ2) is 5.85. The van der Waals surface area contributed by atoms with Crippen LogP contribution in [0.25, 0.3) is 0 Å². The summed E-state index contributed by atoms with van der Waals surface area (Å²) in [5.74, 6) is -1.25. The molecule has 0 amide bonds. The van der Waals surface area contributed by atoms with E-state index in [1.807, 2.05) is 0 Å². The molecule has 0 bridgehead atoms. The minimum Gasteiger partial charge on any atom is -0.300 e. The first-order chi connectivity index (χ1) is 9.20. The van der Waals surface area contributed by atoms with E-state index in [0.717, 1.165) is 12.1 Å². The largest absolute Gasteiger partial charge is 0.331 e. The maximum atomic E-state index is 11.0.